The highest BCUT2D eigenvalue weighted by Crippen LogP contribution is 2.22. The number of hydrogen-bond acceptors (Lipinski definition) is 2. The van der Waals surface area contributed by atoms with E-state index in [0.717, 1.165) is 59.1 Å². The molecule has 0 unspecified atom stereocenters. The van der Waals surface area contributed by atoms with Crippen LogP contribution in [0, 0.1) is 20.8 Å². The second kappa shape index (κ2) is 12.7. The Morgan fingerprint density at radius 2 is 1.51 bits per heavy atom. The molecule has 2 amide bonds. The van der Waals surface area contributed by atoms with Crippen molar-refractivity contribution in [3.63, 3.8) is 0 Å². The van der Waals surface area contributed by atoms with E-state index in [1.807, 2.05) is 61.2 Å². The summed E-state index contributed by atoms with van der Waals surface area (Å²) < 4.78 is 0. The lowest BCUT2D eigenvalue weighted by molar-refractivity contribution is -0.141. The minimum Gasteiger partial charge on any atom is -0.352 e. The van der Waals surface area contributed by atoms with Crippen LogP contribution in [0.4, 0.5) is 0 Å². The van der Waals surface area contributed by atoms with Crippen molar-refractivity contribution in [2.45, 2.75) is 84.3 Å². The lowest BCUT2D eigenvalue weighted by atomic mass is 9.94. The molecule has 1 N–H and O–H groups in total. The first-order valence-corrected chi connectivity index (χ1v) is 13.6. The van der Waals surface area contributed by atoms with Gasteiger partial charge in [-0.1, -0.05) is 97.6 Å². The minimum absolute atomic E-state index is 0.0170. The van der Waals surface area contributed by atoms with Crippen molar-refractivity contribution in [3.8, 4) is 0 Å². The van der Waals surface area contributed by atoms with Gasteiger partial charge in [0.25, 0.3) is 0 Å². The summed E-state index contributed by atoms with van der Waals surface area (Å²) in [4.78, 5) is 29.8. The second-order valence-electron chi connectivity index (χ2n) is 10.6. The molecule has 0 saturated heterocycles. The first kappa shape index (κ1) is 26.7. The average Bonchev–Trinajstić information content (AvgIpc) is 2.90. The summed E-state index contributed by atoms with van der Waals surface area (Å²) in [6.07, 6.45) is 6.31. The zero-order valence-corrected chi connectivity index (χ0v) is 22.5. The molecule has 0 spiro atoms. The van der Waals surface area contributed by atoms with E-state index in [2.05, 4.69) is 42.6 Å². The molecule has 0 aliphatic heterocycles. The van der Waals surface area contributed by atoms with E-state index in [4.69, 9.17) is 0 Å². The number of nitrogens with one attached hydrogen (secondary N) is 1. The maximum atomic E-state index is 14.1. The van der Waals surface area contributed by atoms with Crippen LogP contribution in [0.1, 0.15) is 65.5 Å². The summed E-state index contributed by atoms with van der Waals surface area (Å²) in [5.41, 5.74) is 6.50. The number of aryl methyl sites for hydroxylation is 3. The minimum atomic E-state index is -0.582. The van der Waals surface area contributed by atoms with Gasteiger partial charge in [-0.3, -0.25) is 9.59 Å². The van der Waals surface area contributed by atoms with Gasteiger partial charge in [0, 0.05) is 19.0 Å². The molecule has 4 rings (SSSR count). The SMILES string of the molecule is Cc1ccc(C)c(CC(=O)N(Cc2ccccc2C)[C@@H](Cc2ccccc2)C(=O)NC2CCCCC2)c1. The molecule has 0 bridgehead atoms. The molecule has 0 aromatic heterocycles. The largest absolute Gasteiger partial charge is 0.352 e. The molecule has 1 fully saturated rings. The number of nitrogens with zero attached hydrogens (tertiary/aromatic N) is 1. The highest BCUT2D eigenvalue weighted by Gasteiger charge is 2.32. The molecule has 1 aliphatic rings. The van der Waals surface area contributed by atoms with Crippen LogP contribution in [0.2, 0.25) is 0 Å². The first-order valence-electron chi connectivity index (χ1n) is 13.6. The maximum Gasteiger partial charge on any atom is 0.243 e. The predicted molar refractivity (Wildman–Crippen MR) is 150 cm³/mol. The van der Waals surface area contributed by atoms with Crippen molar-refractivity contribution in [2.24, 2.45) is 0 Å². The molecule has 0 heterocycles. The van der Waals surface area contributed by atoms with E-state index in [1.54, 1.807) is 0 Å². The topological polar surface area (TPSA) is 49.4 Å². The van der Waals surface area contributed by atoms with Crippen LogP contribution in [0.15, 0.2) is 72.8 Å². The van der Waals surface area contributed by atoms with Crippen LogP contribution in [0.5, 0.6) is 0 Å². The Hall–Kier alpha value is -3.40. The summed E-state index contributed by atoms with van der Waals surface area (Å²) >= 11 is 0. The smallest absolute Gasteiger partial charge is 0.243 e. The maximum absolute atomic E-state index is 14.1. The van der Waals surface area contributed by atoms with Gasteiger partial charge in [0.2, 0.25) is 11.8 Å². The lowest BCUT2D eigenvalue weighted by Gasteiger charge is -2.34. The van der Waals surface area contributed by atoms with Crippen LogP contribution in [0.3, 0.4) is 0 Å². The van der Waals surface area contributed by atoms with Crippen molar-refractivity contribution < 1.29 is 9.59 Å². The fraction of sp³-hybridized carbons (Fsp3) is 0.394. The van der Waals surface area contributed by atoms with E-state index in [-0.39, 0.29) is 24.3 Å². The van der Waals surface area contributed by atoms with Crippen molar-refractivity contribution in [1.29, 1.82) is 0 Å². The number of benzene rings is 3. The predicted octanol–water partition coefficient (Wildman–Crippen LogP) is 6.24. The highest BCUT2D eigenvalue weighted by atomic mass is 16.2. The molecule has 4 nitrogen and oxygen atoms in total. The fourth-order valence-corrected chi connectivity index (χ4v) is 5.32. The fourth-order valence-electron chi connectivity index (χ4n) is 5.32. The van der Waals surface area contributed by atoms with Crippen LogP contribution in [0.25, 0.3) is 0 Å². The summed E-state index contributed by atoms with van der Waals surface area (Å²) in [7, 11) is 0. The molecule has 1 aliphatic carbocycles. The Labute approximate surface area is 222 Å². The van der Waals surface area contributed by atoms with Gasteiger partial charge >= 0.3 is 0 Å². The Morgan fingerprint density at radius 3 is 2.24 bits per heavy atom. The second-order valence-corrected chi connectivity index (χ2v) is 10.6. The Morgan fingerprint density at radius 1 is 0.838 bits per heavy atom. The van der Waals surface area contributed by atoms with E-state index < -0.39 is 6.04 Å². The summed E-state index contributed by atoms with van der Waals surface area (Å²) in [5, 5.41) is 3.33. The van der Waals surface area contributed by atoms with Crippen molar-refractivity contribution in [2.75, 3.05) is 0 Å². The summed E-state index contributed by atoms with van der Waals surface area (Å²) in [6.45, 7) is 6.57. The zero-order valence-electron chi connectivity index (χ0n) is 22.5. The Bertz CT molecular complexity index is 1200. The van der Waals surface area contributed by atoms with Gasteiger partial charge in [-0.05, 0) is 61.4 Å². The van der Waals surface area contributed by atoms with Gasteiger partial charge < -0.3 is 10.2 Å². The van der Waals surface area contributed by atoms with Gasteiger partial charge in [0.15, 0.2) is 0 Å². The molecular formula is C33H40N2O2. The molecule has 1 atom stereocenters. The third-order valence-electron chi connectivity index (χ3n) is 7.67. The molecule has 3 aromatic rings. The molecule has 0 radical (unpaired) electrons. The molecule has 194 valence electrons. The molecule has 4 heteroatoms. The van der Waals surface area contributed by atoms with Gasteiger partial charge in [-0.25, -0.2) is 0 Å². The van der Waals surface area contributed by atoms with Crippen LogP contribution in [-0.2, 0) is 29.0 Å². The lowest BCUT2D eigenvalue weighted by Crippen LogP contribution is -2.53. The number of hydrogen-bond donors (Lipinski definition) is 1. The van der Waals surface area contributed by atoms with Crippen molar-refractivity contribution >= 4 is 11.8 Å². The van der Waals surface area contributed by atoms with E-state index in [0.29, 0.717) is 13.0 Å². The monoisotopic (exact) mass is 496 g/mol. The standard InChI is InChI=1S/C33H40N2O2/c1-24-18-19-26(3)29(20-24)22-32(36)35(23-28-15-11-10-12-25(28)2)31(21-27-13-6-4-7-14-27)33(37)34-30-16-8-5-9-17-30/h4,6-7,10-15,18-20,30-31H,5,8-9,16-17,21-23H2,1-3H3,(H,34,37)/t31-/m0/s1. The number of rotatable bonds is 9. The molecule has 1 saturated carbocycles. The highest BCUT2D eigenvalue weighted by molar-refractivity contribution is 5.89. The normalized spacial score (nSPS) is 14.7. The van der Waals surface area contributed by atoms with E-state index in [1.165, 1.54) is 6.42 Å². The Balaban J connectivity index is 1.68. The quantitative estimate of drug-likeness (QED) is 0.381. The third-order valence-corrected chi connectivity index (χ3v) is 7.67. The van der Waals surface area contributed by atoms with Crippen molar-refractivity contribution in [3.05, 3.63) is 106 Å². The molecule has 37 heavy (non-hydrogen) atoms. The van der Waals surface area contributed by atoms with E-state index >= 15 is 0 Å². The Kier molecular flexibility index (Phi) is 9.16. The van der Waals surface area contributed by atoms with Crippen molar-refractivity contribution in [1.82, 2.24) is 10.2 Å². The first-order chi connectivity index (χ1) is 17.9. The number of amides is 2. The molecule has 3 aromatic carbocycles. The summed E-state index contributed by atoms with van der Waals surface area (Å²) in [5.74, 6) is -0.0599. The van der Waals surface area contributed by atoms with Crippen LogP contribution in [-0.4, -0.2) is 28.8 Å². The van der Waals surface area contributed by atoms with Gasteiger partial charge in [0.1, 0.15) is 6.04 Å². The van der Waals surface area contributed by atoms with Gasteiger partial charge in [-0.15, -0.1) is 0 Å². The van der Waals surface area contributed by atoms with Gasteiger partial charge in [-0.2, -0.15) is 0 Å². The molecular weight excluding hydrogens is 456 g/mol. The van der Waals surface area contributed by atoms with Crippen LogP contribution >= 0.6 is 0 Å². The number of carbonyl (C=O) groups is 2. The zero-order chi connectivity index (χ0) is 26.2. The van der Waals surface area contributed by atoms with Crippen LogP contribution < -0.4 is 5.32 Å². The average molecular weight is 497 g/mol. The third kappa shape index (κ3) is 7.31. The summed E-state index contributed by atoms with van der Waals surface area (Å²) in [6, 6.07) is 24.0. The van der Waals surface area contributed by atoms with E-state index in [9.17, 15) is 9.59 Å². The number of carbonyl (C=O) groups excluding carboxylic acids is 2. The van der Waals surface area contributed by atoms with Gasteiger partial charge in [0.05, 0.1) is 6.42 Å².